The summed E-state index contributed by atoms with van der Waals surface area (Å²) in [6, 6.07) is 7.83. The van der Waals surface area contributed by atoms with Crippen molar-refractivity contribution in [1.29, 1.82) is 0 Å². The van der Waals surface area contributed by atoms with E-state index in [9.17, 15) is 22.2 Å². The zero-order valence-corrected chi connectivity index (χ0v) is 14.5. The van der Waals surface area contributed by atoms with Gasteiger partial charge < -0.3 is 5.32 Å². The van der Waals surface area contributed by atoms with Crippen LogP contribution >= 0.6 is 12.2 Å². The summed E-state index contributed by atoms with van der Waals surface area (Å²) in [6.07, 6.45) is -5.07. The van der Waals surface area contributed by atoms with Gasteiger partial charge in [-0.1, -0.05) is 42.5 Å². The lowest BCUT2D eigenvalue weighted by Gasteiger charge is -2.26. The van der Waals surface area contributed by atoms with Gasteiger partial charge in [0.1, 0.15) is 16.0 Å². The van der Waals surface area contributed by atoms with Crippen molar-refractivity contribution in [2.75, 3.05) is 6.67 Å². The molecule has 10 heteroatoms. The molecule has 1 amide bonds. The van der Waals surface area contributed by atoms with Crippen LogP contribution in [-0.2, 0) is 15.8 Å². The fraction of sp³-hybridized carbons (Fsp3) is 0.429. The standard InChI is InChI=1S/C14H16F3N3O2S2/c1-13(2)12(23)20(8-18-13)24(22)10(9-6-4-3-5-7-9)19-11(21)14(15,16)17/h3-7,10,18H,8H2,1-2H3,(H,19,21). The molecule has 0 spiro atoms. The molecule has 0 bridgehead atoms. The van der Waals surface area contributed by atoms with Crippen molar-refractivity contribution in [2.45, 2.75) is 30.9 Å². The van der Waals surface area contributed by atoms with Crippen LogP contribution in [0.4, 0.5) is 13.2 Å². The Bertz CT molecular complexity index is 665. The fourth-order valence-corrected chi connectivity index (χ4v) is 3.87. The van der Waals surface area contributed by atoms with Crippen LogP contribution in [0, 0.1) is 0 Å². The van der Waals surface area contributed by atoms with Crippen LogP contribution in [-0.4, -0.2) is 37.8 Å². The predicted molar refractivity (Wildman–Crippen MR) is 88.0 cm³/mol. The third-order valence-electron chi connectivity index (χ3n) is 3.47. The zero-order chi connectivity index (χ0) is 18.1. The summed E-state index contributed by atoms with van der Waals surface area (Å²) >= 11 is 5.24. The summed E-state index contributed by atoms with van der Waals surface area (Å²) in [5.74, 6) is -2.15. The van der Waals surface area contributed by atoms with Crippen molar-refractivity contribution in [1.82, 2.24) is 14.9 Å². The predicted octanol–water partition coefficient (Wildman–Crippen LogP) is 2.00. The molecule has 1 fully saturated rings. The zero-order valence-electron chi connectivity index (χ0n) is 12.9. The SMILES string of the molecule is CC1(C)NCN(S(=O)C(NC(=O)C(F)(F)F)c2ccccc2)C1=S. The fourth-order valence-electron chi connectivity index (χ4n) is 2.08. The van der Waals surface area contributed by atoms with Gasteiger partial charge in [0, 0.05) is 0 Å². The van der Waals surface area contributed by atoms with Crippen LogP contribution in [0.2, 0.25) is 0 Å². The monoisotopic (exact) mass is 379 g/mol. The summed E-state index contributed by atoms with van der Waals surface area (Å²) in [7, 11) is -2.02. The number of benzene rings is 1. The van der Waals surface area contributed by atoms with E-state index in [1.807, 2.05) is 0 Å². The second-order valence-electron chi connectivity index (χ2n) is 5.68. The van der Waals surface area contributed by atoms with Crippen LogP contribution in [0.5, 0.6) is 0 Å². The quantitative estimate of drug-likeness (QED) is 0.786. The molecule has 0 saturated carbocycles. The van der Waals surface area contributed by atoms with Gasteiger partial charge in [0.2, 0.25) is 0 Å². The lowest BCUT2D eigenvalue weighted by atomic mass is 10.1. The molecule has 132 valence electrons. The molecule has 1 saturated heterocycles. The normalized spacial score (nSPS) is 19.9. The second-order valence-corrected chi connectivity index (χ2v) is 7.53. The molecule has 1 heterocycles. The van der Waals surface area contributed by atoms with E-state index in [1.54, 1.807) is 37.4 Å². The van der Waals surface area contributed by atoms with E-state index < -0.39 is 34.0 Å². The largest absolute Gasteiger partial charge is 0.471 e. The summed E-state index contributed by atoms with van der Waals surface area (Å²) in [5.41, 5.74) is -0.318. The van der Waals surface area contributed by atoms with E-state index in [-0.39, 0.29) is 6.67 Å². The van der Waals surface area contributed by atoms with E-state index >= 15 is 0 Å². The van der Waals surface area contributed by atoms with Gasteiger partial charge in [0.25, 0.3) is 0 Å². The molecule has 1 aliphatic heterocycles. The van der Waals surface area contributed by atoms with Crippen LogP contribution in [0.1, 0.15) is 24.8 Å². The molecule has 2 unspecified atom stereocenters. The number of halogens is 3. The minimum absolute atomic E-state index is 0.115. The first kappa shape index (κ1) is 18.8. The Kier molecular flexibility index (Phi) is 5.31. The van der Waals surface area contributed by atoms with Gasteiger partial charge in [-0.05, 0) is 19.4 Å². The van der Waals surface area contributed by atoms with E-state index in [1.165, 1.54) is 16.4 Å². The van der Waals surface area contributed by atoms with Crippen LogP contribution in [0.3, 0.4) is 0 Å². The molecule has 2 rings (SSSR count). The molecule has 5 nitrogen and oxygen atoms in total. The third kappa shape index (κ3) is 3.93. The number of amides is 1. The molecule has 2 N–H and O–H groups in total. The number of rotatable bonds is 4. The highest BCUT2D eigenvalue weighted by molar-refractivity contribution is 7.86. The number of carbonyl (C=O) groups is 1. The molecule has 0 radical (unpaired) electrons. The number of nitrogens with zero attached hydrogens (tertiary/aromatic N) is 1. The molecule has 0 aromatic heterocycles. The summed E-state index contributed by atoms with van der Waals surface area (Å²) in [6.45, 7) is 3.67. The highest BCUT2D eigenvalue weighted by Gasteiger charge is 2.44. The minimum Gasteiger partial charge on any atom is -0.329 e. The summed E-state index contributed by atoms with van der Waals surface area (Å²) in [4.78, 5) is 11.6. The maximum absolute atomic E-state index is 12.8. The van der Waals surface area contributed by atoms with E-state index in [4.69, 9.17) is 12.2 Å². The van der Waals surface area contributed by atoms with E-state index in [0.29, 0.717) is 10.6 Å². The van der Waals surface area contributed by atoms with Crippen molar-refractivity contribution >= 4 is 34.1 Å². The first-order chi connectivity index (χ1) is 11.0. The molecule has 1 aliphatic rings. The number of alkyl halides is 3. The van der Waals surface area contributed by atoms with Gasteiger partial charge in [-0.3, -0.25) is 14.4 Å². The van der Waals surface area contributed by atoms with Gasteiger partial charge in [-0.25, -0.2) is 4.21 Å². The van der Waals surface area contributed by atoms with Gasteiger partial charge in [-0.2, -0.15) is 13.2 Å². The highest BCUT2D eigenvalue weighted by Crippen LogP contribution is 2.27. The van der Waals surface area contributed by atoms with Gasteiger partial charge in [0.05, 0.1) is 12.2 Å². The second kappa shape index (κ2) is 6.77. The molecular weight excluding hydrogens is 363 g/mol. The Morgan fingerprint density at radius 3 is 2.42 bits per heavy atom. The minimum atomic E-state index is -5.07. The number of thiocarbonyl (C=S) groups is 1. The molecule has 0 aliphatic carbocycles. The first-order valence-electron chi connectivity index (χ1n) is 6.94. The number of hydrogen-bond acceptors (Lipinski definition) is 4. The molecular formula is C14H16F3N3O2S2. The van der Waals surface area contributed by atoms with Crippen molar-refractivity contribution in [3.8, 4) is 0 Å². The lowest BCUT2D eigenvalue weighted by molar-refractivity contribution is -0.173. The van der Waals surface area contributed by atoms with Crippen LogP contribution in [0.25, 0.3) is 0 Å². The number of hydrogen-bond donors (Lipinski definition) is 2. The topological polar surface area (TPSA) is 61.4 Å². The molecule has 2 atom stereocenters. The third-order valence-corrected chi connectivity index (χ3v) is 5.85. The summed E-state index contributed by atoms with van der Waals surface area (Å²) < 4.78 is 51.9. The summed E-state index contributed by atoms with van der Waals surface area (Å²) in [5, 5.41) is 3.46. The number of carbonyl (C=O) groups excluding carboxylic acids is 1. The molecule has 1 aromatic rings. The van der Waals surface area contributed by atoms with Crippen LogP contribution < -0.4 is 10.6 Å². The van der Waals surface area contributed by atoms with Crippen molar-refractivity contribution < 1.29 is 22.2 Å². The van der Waals surface area contributed by atoms with Crippen molar-refractivity contribution in [3.05, 3.63) is 35.9 Å². The lowest BCUT2D eigenvalue weighted by Crippen LogP contribution is -2.45. The molecule has 1 aromatic carbocycles. The average molecular weight is 379 g/mol. The van der Waals surface area contributed by atoms with Gasteiger partial charge in [-0.15, -0.1) is 0 Å². The Morgan fingerprint density at radius 2 is 1.96 bits per heavy atom. The van der Waals surface area contributed by atoms with Crippen LogP contribution in [0.15, 0.2) is 30.3 Å². The maximum Gasteiger partial charge on any atom is 0.471 e. The van der Waals surface area contributed by atoms with E-state index in [0.717, 1.165) is 0 Å². The Labute approximate surface area is 145 Å². The van der Waals surface area contributed by atoms with Gasteiger partial charge in [0.15, 0.2) is 5.37 Å². The van der Waals surface area contributed by atoms with E-state index in [2.05, 4.69) is 5.32 Å². The van der Waals surface area contributed by atoms with Crippen molar-refractivity contribution in [2.24, 2.45) is 0 Å². The Balaban J connectivity index is 2.31. The Morgan fingerprint density at radius 1 is 1.38 bits per heavy atom. The van der Waals surface area contributed by atoms with Crippen molar-refractivity contribution in [3.63, 3.8) is 0 Å². The highest BCUT2D eigenvalue weighted by atomic mass is 32.2. The maximum atomic E-state index is 12.8. The first-order valence-corrected chi connectivity index (χ1v) is 8.52. The Hall–Kier alpha value is -1.52. The average Bonchev–Trinajstić information content (AvgIpc) is 2.78. The molecule has 24 heavy (non-hydrogen) atoms. The number of nitrogens with one attached hydrogen (secondary N) is 2. The van der Waals surface area contributed by atoms with Gasteiger partial charge >= 0.3 is 12.1 Å². The smallest absolute Gasteiger partial charge is 0.329 e.